The first-order valence-corrected chi connectivity index (χ1v) is 10.3. The van der Waals surface area contributed by atoms with Crippen molar-refractivity contribution >= 4 is 11.8 Å². The summed E-state index contributed by atoms with van der Waals surface area (Å²) in [7, 11) is 2.04. The number of amides is 2. The number of nitrogens with zero attached hydrogens (tertiary/aromatic N) is 3. The molecule has 0 aromatic heterocycles. The van der Waals surface area contributed by atoms with Gasteiger partial charge in [0.1, 0.15) is 5.82 Å². The van der Waals surface area contributed by atoms with Crippen molar-refractivity contribution in [2.45, 2.75) is 13.0 Å². The van der Waals surface area contributed by atoms with E-state index in [0.29, 0.717) is 31.6 Å². The van der Waals surface area contributed by atoms with E-state index in [0.717, 1.165) is 18.7 Å². The molecule has 1 aliphatic rings. The summed E-state index contributed by atoms with van der Waals surface area (Å²) in [6.07, 6.45) is 0.686. The SMILES string of the molecule is CN1CCN(C(=O)N(CCc2ccccc2)Cc2ccc(C(=O)CN)cc2F)CC1. The minimum Gasteiger partial charge on any atom is -0.324 e. The summed E-state index contributed by atoms with van der Waals surface area (Å²) in [5.74, 6) is -0.805. The molecule has 2 aromatic carbocycles. The van der Waals surface area contributed by atoms with E-state index < -0.39 is 5.82 Å². The lowest BCUT2D eigenvalue weighted by molar-refractivity contribution is 0.100. The van der Waals surface area contributed by atoms with Crippen molar-refractivity contribution in [1.82, 2.24) is 14.7 Å². The predicted octanol–water partition coefficient (Wildman–Crippen LogP) is 2.38. The molecule has 1 fully saturated rings. The van der Waals surface area contributed by atoms with Gasteiger partial charge in [-0.1, -0.05) is 42.5 Å². The Labute approximate surface area is 177 Å². The van der Waals surface area contributed by atoms with Crippen LogP contribution in [-0.2, 0) is 13.0 Å². The summed E-state index contributed by atoms with van der Waals surface area (Å²) in [5.41, 5.74) is 7.13. The highest BCUT2D eigenvalue weighted by atomic mass is 19.1. The van der Waals surface area contributed by atoms with Crippen molar-refractivity contribution in [2.75, 3.05) is 46.3 Å². The van der Waals surface area contributed by atoms with E-state index in [1.54, 1.807) is 17.0 Å². The number of carbonyl (C=O) groups is 2. The summed E-state index contributed by atoms with van der Waals surface area (Å²) < 4.78 is 14.7. The molecule has 1 heterocycles. The van der Waals surface area contributed by atoms with Gasteiger partial charge in [-0.05, 0) is 25.1 Å². The van der Waals surface area contributed by atoms with E-state index in [2.05, 4.69) is 4.90 Å². The molecule has 3 rings (SSSR count). The van der Waals surface area contributed by atoms with Crippen molar-refractivity contribution in [3.63, 3.8) is 0 Å². The number of hydrogen-bond donors (Lipinski definition) is 1. The van der Waals surface area contributed by atoms with Crippen LogP contribution in [-0.4, -0.2) is 72.8 Å². The molecule has 0 atom stereocenters. The molecule has 0 aliphatic carbocycles. The molecule has 0 bridgehead atoms. The van der Waals surface area contributed by atoms with Gasteiger partial charge in [0, 0.05) is 43.9 Å². The van der Waals surface area contributed by atoms with Crippen LogP contribution in [0.5, 0.6) is 0 Å². The van der Waals surface area contributed by atoms with Crippen LogP contribution in [0.4, 0.5) is 9.18 Å². The molecule has 2 N–H and O–H groups in total. The lowest BCUT2D eigenvalue weighted by Crippen LogP contribution is -2.52. The van der Waals surface area contributed by atoms with Gasteiger partial charge in [-0.3, -0.25) is 4.79 Å². The number of rotatable bonds is 7. The number of benzene rings is 2. The third-order valence-electron chi connectivity index (χ3n) is 5.48. The Morgan fingerprint density at radius 3 is 2.40 bits per heavy atom. The van der Waals surface area contributed by atoms with Crippen LogP contribution in [0.2, 0.25) is 0 Å². The third-order valence-corrected chi connectivity index (χ3v) is 5.48. The van der Waals surface area contributed by atoms with Crippen LogP contribution < -0.4 is 5.73 Å². The standard InChI is InChI=1S/C23H29FN4O2/c1-26-11-13-27(14-12-26)23(30)28(10-9-18-5-3-2-4-6-18)17-20-8-7-19(15-21(20)24)22(29)16-25/h2-8,15H,9-14,16-17,25H2,1H3. The maximum atomic E-state index is 14.7. The van der Waals surface area contributed by atoms with Crippen molar-refractivity contribution in [3.8, 4) is 0 Å². The van der Waals surface area contributed by atoms with E-state index >= 15 is 0 Å². The van der Waals surface area contributed by atoms with Crippen LogP contribution in [0.15, 0.2) is 48.5 Å². The molecule has 0 spiro atoms. The number of likely N-dealkylation sites (N-methyl/N-ethyl adjacent to an activating group) is 1. The first-order valence-electron chi connectivity index (χ1n) is 10.3. The van der Waals surface area contributed by atoms with E-state index in [1.807, 2.05) is 42.3 Å². The fourth-order valence-corrected chi connectivity index (χ4v) is 3.52. The summed E-state index contributed by atoms with van der Waals surface area (Å²) in [6.45, 7) is 3.43. The molecule has 0 saturated carbocycles. The van der Waals surface area contributed by atoms with Gasteiger partial charge in [0.05, 0.1) is 13.1 Å². The Morgan fingerprint density at radius 2 is 1.77 bits per heavy atom. The van der Waals surface area contributed by atoms with Gasteiger partial charge in [0.15, 0.2) is 5.78 Å². The summed E-state index contributed by atoms with van der Waals surface area (Å²) in [5, 5.41) is 0. The average molecular weight is 413 g/mol. The van der Waals surface area contributed by atoms with Gasteiger partial charge in [0.2, 0.25) is 0 Å². The highest BCUT2D eigenvalue weighted by molar-refractivity contribution is 5.97. The van der Waals surface area contributed by atoms with Gasteiger partial charge < -0.3 is 20.4 Å². The molecule has 2 aromatic rings. The second-order valence-electron chi connectivity index (χ2n) is 7.66. The average Bonchev–Trinajstić information content (AvgIpc) is 2.77. The Hall–Kier alpha value is -2.77. The lowest BCUT2D eigenvalue weighted by atomic mass is 10.1. The zero-order valence-corrected chi connectivity index (χ0v) is 17.4. The van der Waals surface area contributed by atoms with E-state index in [9.17, 15) is 14.0 Å². The van der Waals surface area contributed by atoms with Crippen LogP contribution in [0.1, 0.15) is 21.5 Å². The smallest absolute Gasteiger partial charge is 0.320 e. The number of urea groups is 1. The Kier molecular flexibility index (Phi) is 7.54. The number of piperazine rings is 1. The first kappa shape index (κ1) is 21.9. The highest BCUT2D eigenvalue weighted by Crippen LogP contribution is 2.16. The maximum Gasteiger partial charge on any atom is 0.320 e. The molecular weight excluding hydrogens is 383 g/mol. The number of halogens is 1. The molecule has 0 unspecified atom stereocenters. The van der Waals surface area contributed by atoms with Crippen molar-refractivity contribution < 1.29 is 14.0 Å². The van der Waals surface area contributed by atoms with Crippen molar-refractivity contribution in [3.05, 3.63) is 71.0 Å². The van der Waals surface area contributed by atoms with Crippen molar-refractivity contribution in [2.24, 2.45) is 5.73 Å². The largest absolute Gasteiger partial charge is 0.324 e. The number of Topliss-reactive ketones (excluding diaryl/α,β-unsaturated/α-hetero) is 1. The summed E-state index contributed by atoms with van der Waals surface area (Å²) >= 11 is 0. The number of carbonyl (C=O) groups excluding carboxylic acids is 2. The summed E-state index contributed by atoms with van der Waals surface area (Å²) in [4.78, 5) is 30.6. The Bertz CT molecular complexity index is 867. The molecule has 1 aliphatic heterocycles. The minimum atomic E-state index is -0.495. The Balaban J connectivity index is 1.76. The quantitative estimate of drug-likeness (QED) is 0.709. The third kappa shape index (κ3) is 5.64. The maximum absolute atomic E-state index is 14.7. The Morgan fingerprint density at radius 1 is 1.07 bits per heavy atom. The molecule has 30 heavy (non-hydrogen) atoms. The van der Waals surface area contributed by atoms with Crippen LogP contribution in [0.3, 0.4) is 0 Å². The molecule has 160 valence electrons. The molecule has 2 amide bonds. The van der Waals surface area contributed by atoms with Crippen LogP contribution in [0.25, 0.3) is 0 Å². The van der Waals surface area contributed by atoms with Crippen LogP contribution in [0, 0.1) is 5.82 Å². The predicted molar refractivity (Wildman–Crippen MR) is 115 cm³/mol. The van der Waals surface area contributed by atoms with Gasteiger partial charge in [-0.2, -0.15) is 0 Å². The van der Waals surface area contributed by atoms with Crippen molar-refractivity contribution in [1.29, 1.82) is 0 Å². The molecule has 6 nitrogen and oxygen atoms in total. The monoisotopic (exact) mass is 412 g/mol. The van der Waals surface area contributed by atoms with Gasteiger partial charge in [0.25, 0.3) is 0 Å². The summed E-state index contributed by atoms with van der Waals surface area (Å²) in [6, 6.07) is 14.2. The second-order valence-corrected chi connectivity index (χ2v) is 7.66. The molecule has 1 saturated heterocycles. The van der Waals surface area contributed by atoms with E-state index in [1.165, 1.54) is 6.07 Å². The van der Waals surface area contributed by atoms with Gasteiger partial charge >= 0.3 is 6.03 Å². The molecule has 0 radical (unpaired) electrons. The van der Waals surface area contributed by atoms with E-state index in [4.69, 9.17) is 5.73 Å². The molecule has 7 heteroatoms. The number of ketones is 1. The zero-order chi connectivity index (χ0) is 21.5. The van der Waals surface area contributed by atoms with Gasteiger partial charge in [-0.15, -0.1) is 0 Å². The minimum absolute atomic E-state index is 0.0828. The van der Waals surface area contributed by atoms with E-state index in [-0.39, 0.29) is 30.5 Å². The lowest BCUT2D eigenvalue weighted by Gasteiger charge is -2.36. The second kappa shape index (κ2) is 10.3. The number of nitrogens with two attached hydrogens (primary N) is 1. The zero-order valence-electron chi connectivity index (χ0n) is 17.4. The number of hydrogen-bond acceptors (Lipinski definition) is 4. The topological polar surface area (TPSA) is 69.9 Å². The first-order chi connectivity index (χ1) is 14.5. The molecular formula is C23H29FN4O2. The highest BCUT2D eigenvalue weighted by Gasteiger charge is 2.25. The fourth-order valence-electron chi connectivity index (χ4n) is 3.52. The van der Waals surface area contributed by atoms with Gasteiger partial charge in [-0.25, -0.2) is 9.18 Å². The normalized spacial score (nSPS) is 14.6. The fraction of sp³-hybridized carbons (Fsp3) is 0.391. The van der Waals surface area contributed by atoms with Crippen LogP contribution >= 0.6 is 0 Å².